The Bertz CT molecular complexity index is 758. The van der Waals surface area contributed by atoms with Gasteiger partial charge in [0.05, 0.1) is 24.6 Å². The van der Waals surface area contributed by atoms with Crippen LogP contribution in [0.4, 0.5) is 10.5 Å². The van der Waals surface area contributed by atoms with Crippen molar-refractivity contribution in [2.75, 3.05) is 25.1 Å². The second-order valence-electron chi connectivity index (χ2n) is 6.43. The SMILES string of the molecule is Cc1ccc(NC(=O)N2CCOC[C@@H]2c2nnc(C(C)C)o2)c(C)n1. The summed E-state index contributed by atoms with van der Waals surface area (Å²) >= 11 is 0. The first-order valence-corrected chi connectivity index (χ1v) is 8.38. The Balaban J connectivity index is 1.78. The van der Waals surface area contributed by atoms with Crippen molar-refractivity contribution in [1.82, 2.24) is 20.1 Å². The predicted octanol–water partition coefficient (Wildman–Crippen LogP) is 2.81. The summed E-state index contributed by atoms with van der Waals surface area (Å²) in [7, 11) is 0. The van der Waals surface area contributed by atoms with Crippen LogP contribution < -0.4 is 5.32 Å². The summed E-state index contributed by atoms with van der Waals surface area (Å²) in [6.07, 6.45) is 0. The van der Waals surface area contributed by atoms with Crippen molar-refractivity contribution in [2.24, 2.45) is 0 Å². The van der Waals surface area contributed by atoms with Crippen molar-refractivity contribution in [3.05, 3.63) is 35.3 Å². The van der Waals surface area contributed by atoms with Crippen molar-refractivity contribution in [2.45, 2.75) is 39.7 Å². The molecule has 0 aliphatic carbocycles. The van der Waals surface area contributed by atoms with E-state index in [1.165, 1.54) is 0 Å². The van der Waals surface area contributed by atoms with Gasteiger partial charge in [-0.3, -0.25) is 4.98 Å². The third-order valence-electron chi connectivity index (χ3n) is 4.09. The van der Waals surface area contributed by atoms with E-state index in [2.05, 4.69) is 20.5 Å². The van der Waals surface area contributed by atoms with Crippen molar-refractivity contribution >= 4 is 11.7 Å². The fraction of sp³-hybridized carbons (Fsp3) is 0.529. The molecule has 0 aromatic carbocycles. The van der Waals surface area contributed by atoms with E-state index in [-0.39, 0.29) is 11.9 Å². The van der Waals surface area contributed by atoms with Crippen molar-refractivity contribution in [3.63, 3.8) is 0 Å². The number of urea groups is 1. The van der Waals surface area contributed by atoms with Gasteiger partial charge in [-0.25, -0.2) is 4.79 Å². The van der Waals surface area contributed by atoms with Gasteiger partial charge in [-0.2, -0.15) is 0 Å². The zero-order valence-electron chi connectivity index (χ0n) is 14.9. The summed E-state index contributed by atoms with van der Waals surface area (Å²) in [4.78, 5) is 18.8. The van der Waals surface area contributed by atoms with Crippen LogP contribution >= 0.6 is 0 Å². The fourth-order valence-corrected chi connectivity index (χ4v) is 2.67. The zero-order chi connectivity index (χ0) is 18.0. The number of rotatable bonds is 3. The second kappa shape index (κ2) is 7.18. The number of morpholine rings is 1. The number of hydrogen-bond donors (Lipinski definition) is 1. The maximum Gasteiger partial charge on any atom is 0.322 e. The van der Waals surface area contributed by atoms with Crippen LogP contribution in [-0.2, 0) is 4.74 Å². The normalized spacial score (nSPS) is 17.8. The standard InChI is InChI=1S/C17H23N5O3/c1-10(2)15-20-21-16(25-15)14-9-24-8-7-22(14)17(23)19-13-6-5-11(3)18-12(13)4/h5-6,10,14H,7-9H2,1-4H3,(H,19,23)/t14-/m1/s1. The summed E-state index contributed by atoms with van der Waals surface area (Å²) in [5.74, 6) is 1.09. The molecule has 1 N–H and O–H groups in total. The Morgan fingerprint density at radius 2 is 2.12 bits per heavy atom. The van der Waals surface area contributed by atoms with Gasteiger partial charge in [-0.1, -0.05) is 13.8 Å². The van der Waals surface area contributed by atoms with E-state index >= 15 is 0 Å². The van der Waals surface area contributed by atoms with E-state index in [0.29, 0.717) is 37.2 Å². The molecule has 1 fully saturated rings. The number of aryl methyl sites for hydroxylation is 2. The number of hydrogen-bond acceptors (Lipinski definition) is 6. The number of nitrogens with one attached hydrogen (secondary N) is 1. The van der Waals surface area contributed by atoms with Crippen molar-refractivity contribution in [3.8, 4) is 0 Å². The Morgan fingerprint density at radius 3 is 2.80 bits per heavy atom. The van der Waals surface area contributed by atoms with Crippen molar-refractivity contribution in [1.29, 1.82) is 0 Å². The van der Waals surface area contributed by atoms with E-state index in [1.807, 2.05) is 39.8 Å². The lowest BCUT2D eigenvalue weighted by Gasteiger charge is -2.33. The van der Waals surface area contributed by atoms with Crippen LogP contribution in [0, 0.1) is 13.8 Å². The average Bonchev–Trinajstić information content (AvgIpc) is 3.07. The average molecular weight is 345 g/mol. The highest BCUT2D eigenvalue weighted by molar-refractivity contribution is 5.90. The molecule has 1 atom stereocenters. The third-order valence-corrected chi connectivity index (χ3v) is 4.09. The third kappa shape index (κ3) is 3.79. The molecule has 8 heteroatoms. The molecule has 3 rings (SSSR count). The van der Waals surface area contributed by atoms with Gasteiger partial charge in [0.2, 0.25) is 11.8 Å². The van der Waals surface area contributed by atoms with E-state index in [0.717, 1.165) is 11.4 Å². The van der Waals surface area contributed by atoms with Gasteiger partial charge >= 0.3 is 6.03 Å². The van der Waals surface area contributed by atoms with Crippen LogP contribution in [-0.4, -0.2) is 45.9 Å². The summed E-state index contributed by atoms with van der Waals surface area (Å²) < 4.78 is 11.2. The number of aromatic nitrogens is 3. The monoisotopic (exact) mass is 345 g/mol. The molecule has 2 aromatic rings. The predicted molar refractivity (Wildman–Crippen MR) is 91.4 cm³/mol. The van der Waals surface area contributed by atoms with E-state index in [4.69, 9.17) is 9.15 Å². The van der Waals surface area contributed by atoms with Crippen LogP contribution in [0.2, 0.25) is 0 Å². The Kier molecular flexibility index (Phi) is 4.98. The Morgan fingerprint density at radius 1 is 1.32 bits per heavy atom. The summed E-state index contributed by atoms with van der Waals surface area (Å²) in [5, 5.41) is 11.1. The molecule has 3 heterocycles. The molecule has 1 saturated heterocycles. The lowest BCUT2D eigenvalue weighted by atomic mass is 10.2. The molecule has 1 aliphatic heterocycles. The van der Waals surface area contributed by atoms with Crippen LogP contribution in [0.5, 0.6) is 0 Å². The second-order valence-corrected chi connectivity index (χ2v) is 6.43. The lowest BCUT2D eigenvalue weighted by molar-refractivity contribution is 0.00493. The van der Waals surface area contributed by atoms with Gasteiger partial charge in [0.15, 0.2) is 0 Å². The summed E-state index contributed by atoms with van der Waals surface area (Å²) in [6.45, 7) is 9.00. The van der Waals surface area contributed by atoms with Crippen LogP contribution in [0.25, 0.3) is 0 Å². The topological polar surface area (TPSA) is 93.4 Å². The first-order valence-electron chi connectivity index (χ1n) is 8.38. The number of amides is 2. The summed E-state index contributed by atoms with van der Waals surface area (Å²) in [5.41, 5.74) is 2.37. The molecule has 0 unspecified atom stereocenters. The molecular weight excluding hydrogens is 322 g/mol. The maximum absolute atomic E-state index is 12.8. The van der Waals surface area contributed by atoms with Crippen LogP contribution in [0.15, 0.2) is 16.5 Å². The molecule has 134 valence electrons. The van der Waals surface area contributed by atoms with Gasteiger partial charge in [0.25, 0.3) is 0 Å². The fourth-order valence-electron chi connectivity index (χ4n) is 2.67. The summed E-state index contributed by atoms with van der Waals surface area (Å²) in [6, 6.07) is 3.10. The molecule has 25 heavy (non-hydrogen) atoms. The molecule has 1 aliphatic rings. The van der Waals surface area contributed by atoms with Gasteiger partial charge in [-0.05, 0) is 26.0 Å². The highest BCUT2D eigenvalue weighted by atomic mass is 16.5. The first kappa shape index (κ1) is 17.3. The van der Waals surface area contributed by atoms with Crippen LogP contribution in [0.1, 0.15) is 49.0 Å². The molecular formula is C17H23N5O3. The number of carbonyl (C=O) groups is 1. The molecule has 0 spiro atoms. The number of carbonyl (C=O) groups excluding carboxylic acids is 1. The van der Waals surface area contributed by atoms with Gasteiger partial charge in [0, 0.05) is 18.2 Å². The number of ether oxygens (including phenoxy) is 1. The largest absolute Gasteiger partial charge is 0.423 e. The molecule has 0 bridgehead atoms. The quantitative estimate of drug-likeness (QED) is 0.919. The number of nitrogens with zero attached hydrogens (tertiary/aromatic N) is 4. The minimum absolute atomic E-state index is 0.134. The minimum atomic E-state index is -0.396. The van der Waals surface area contributed by atoms with Gasteiger partial charge < -0.3 is 19.4 Å². The molecule has 2 aromatic heterocycles. The van der Waals surface area contributed by atoms with E-state index in [1.54, 1.807) is 4.90 Å². The Labute approximate surface area is 146 Å². The number of anilines is 1. The molecule has 0 saturated carbocycles. The van der Waals surface area contributed by atoms with E-state index in [9.17, 15) is 4.79 Å². The van der Waals surface area contributed by atoms with Crippen molar-refractivity contribution < 1.29 is 13.9 Å². The lowest BCUT2D eigenvalue weighted by Crippen LogP contribution is -2.45. The zero-order valence-corrected chi connectivity index (χ0v) is 14.9. The van der Waals surface area contributed by atoms with Gasteiger partial charge in [0.1, 0.15) is 6.04 Å². The molecule has 8 nitrogen and oxygen atoms in total. The minimum Gasteiger partial charge on any atom is -0.423 e. The molecule has 2 amide bonds. The van der Waals surface area contributed by atoms with Crippen LogP contribution in [0.3, 0.4) is 0 Å². The Hall–Kier alpha value is -2.48. The maximum atomic E-state index is 12.8. The van der Waals surface area contributed by atoms with E-state index < -0.39 is 6.04 Å². The highest BCUT2D eigenvalue weighted by Crippen LogP contribution is 2.26. The highest BCUT2D eigenvalue weighted by Gasteiger charge is 2.33. The smallest absolute Gasteiger partial charge is 0.322 e. The van der Waals surface area contributed by atoms with Gasteiger partial charge in [-0.15, -0.1) is 10.2 Å². The number of pyridine rings is 1. The molecule has 0 radical (unpaired) electrons. The first-order chi connectivity index (χ1) is 12.0.